The summed E-state index contributed by atoms with van der Waals surface area (Å²) in [5.74, 6) is 0. The van der Waals surface area contributed by atoms with Crippen LogP contribution >= 0.6 is 38.6 Å². The molecule has 8 aromatic rings. The Hall–Kier alpha value is -3.29. The average Bonchev–Trinajstić information content (AvgIpc) is 3.94. The summed E-state index contributed by atoms with van der Waals surface area (Å²) in [6.45, 7) is 24.6. The molecular weight excluding hydrogens is 873 g/mol. The van der Waals surface area contributed by atoms with Crippen molar-refractivity contribution in [2.24, 2.45) is 0 Å². The monoisotopic (exact) mass is 926 g/mol. The molecule has 3 saturated heterocycles. The molecule has 2 aromatic heterocycles. The topological polar surface area (TPSA) is 55.4 Å². The van der Waals surface area contributed by atoms with Crippen LogP contribution in [0.25, 0.3) is 61.9 Å². The molecule has 3 fully saturated rings. The lowest BCUT2D eigenvalue weighted by molar-refractivity contribution is 0.00578. The van der Waals surface area contributed by atoms with Gasteiger partial charge in [0.1, 0.15) is 0 Å². The van der Waals surface area contributed by atoms with Crippen molar-refractivity contribution >= 4 is 127 Å². The van der Waals surface area contributed by atoms with Crippen LogP contribution in [0.4, 0.5) is 0 Å². The molecule has 318 valence electrons. The van der Waals surface area contributed by atoms with Crippen molar-refractivity contribution in [1.29, 1.82) is 0 Å². The lowest BCUT2D eigenvalue weighted by atomic mass is 9.49. The number of thiophene rings is 2. The van der Waals surface area contributed by atoms with E-state index in [4.69, 9.17) is 27.9 Å². The standard InChI is InChI=1S/C22H21BO2S.C16H9BrS.C12H24B2O4/c1-21(2)22(3,4)25-23(24-21)15-10-12-19-18(13-15)17-11-9-14-7-5-6-8-16(14)20(17)26-19;17-11-6-8-15-14(9-11)13-7-5-10-3-1-2-4-12(10)16(13)18-15;1-9(2)10(3,4)16-13(15-9)14-17-11(5,6)12(7,8)18-14/h5-13H,1-4H3;1-9H;1-8H3. The van der Waals surface area contributed by atoms with Crippen LogP contribution in [-0.2, 0) is 27.9 Å². The Balaban J connectivity index is 0.000000122. The molecule has 0 radical (unpaired) electrons. The molecule has 0 amide bonds. The van der Waals surface area contributed by atoms with E-state index < -0.39 is 14.0 Å². The van der Waals surface area contributed by atoms with Gasteiger partial charge in [-0.1, -0.05) is 101 Å². The highest BCUT2D eigenvalue weighted by Gasteiger charge is 2.63. The van der Waals surface area contributed by atoms with Crippen molar-refractivity contribution < 1.29 is 27.9 Å². The normalized spacial score (nSPS) is 20.6. The van der Waals surface area contributed by atoms with Crippen LogP contribution in [-0.4, -0.2) is 54.7 Å². The first-order chi connectivity index (χ1) is 29.1. The third kappa shape index (κ3) is 7.65. The third-order valence-electron chi connectivity index (χ3n) is 14.0. The van der Waals surface area contributed by atoms with Crippen LogP contribution in [0.2, 0.25) is 0 Å². The van der Waals surface area contributed by atoms with Crippen molar-refractivity contribution in [3.63, 3.8) is 0 Å². The zero-order chi connectivity index (χ0) is 44.2. The minimum atomic E-state index is -0.476. The number of rotatable bonds is 2. The quantitative estimate of drug-likeness (QED) is 0.161. The van der Waals surface area contributed by atoms with E-state index in [9.17, 15) is 0 Å². The van der Waals surface area contributed by atoms with E-state index in [1.807, 2.05) is 78.1 Å². The van der Waals surface area contributed by atoms with Crippen molar-refractivity contribution in [1.82, 2.24) is 0 Å². The maximum atomic E-state index is 6.24. The first kappa shape index (κ1) is 43.9. The highest BCUT2D eigenvalue weighted by molar-refractivity contribution is 9.10. The molecule has 6 nitrogen and oxygen atoms in total. The first-order valence-corrected chi connectivity index (χ1v) is 23.9. The van der Waals surface area contributed by atoms with Crippen LogP contribution in [0.1, 0.15) is 83.1 Å². The van der Waals surface area contributed by atoms with Crippen molar-refractivity contribution in [3.05, 3.63) is 114 Å². The number of fused-ring (bicyclic) bond motifs is 10. The Morgan fingerprint density at radius 3 is 1.23 bits per heavy atom. The van der Waals surface area contributed by atoms with Gasteiger partial charge in [-0.3, -0.25) is 0 Å². The largest absolute Gasteiger partial charge is 0.494 e. The minimum Gasteiger partial charge on any atom is -0.405 e. The van der Waals surface area contributed by atoms with E-state index in [2.05, 4.69) is 153 Å². The molecular formula is C50H54B3BrO6S2. The van der Waals surface area contributed by atoms with Crippen LogP contribution < -0.4 is 5.46 Å². The van der Waals surface area contributed by atoms with E-state index in [1.54, 1.807) is 0 Å². The average molecular weight is 927 g/mol. The second-order valence-electron chi connectivity index (χ2n) is 19.8. The van der Waals surface area contributed by atoms with Crippen LogP contribution in [0.3, 0.4) is 0 Å². The number of halogens is 1. The number of hydrogen-bond acceptors (Lipinski definition) is 8. The highest BCUT2D eigenvalue weighted by atomic mass is 79.9. The van der Waals surface area contributed by atoms with Crippen LogP contribution in [0.15, 0.2) is 114 Å². The summed E-state index contributed by atoms with van der Waals surface area (Å²) >= 11 is 7.30. The second-order valence-corrected chi connectivity index (χ2v) is 22.8. The number of benzene rings is 6. The third-order valence-corrected chi connectivity index (χ3v) is 16.9. The fraction of sp³-hybridized carbons (Fsp3) is 0.360. The van der Waals surface area contributed by atoms with Gasteiger partial charge in [0, 0.05) is 39.4 Å². The molecule has 0 spiro atoms. The smallest absolute Gasteiger partial charge is 0.405 e. The number of hydrogen-bond donors (Lipinski definition) is 0. The highest BCUT2D eigenvalue weighted by Crippen LogP contribution is 2.44. The van der Waals surface area contributed by atoms with Gasteiger partial charge < -0.3 is 27.9 Å². The Labute approximate surface area is 383 Å². The van der Waals surface area contributed by atoms with Gasteiger partial charge in [0.15, 0.2) is 0 Å². The van der Waals surface area contributed by atoms with Gasteiger partial charge in [0.25, 0.3) is 0 Å². The SMILES string of the molecule is Brc1ccc2sc3c4ccccc4ccc3c2c1.CC1(C)OB(B2OC(C)(C)C(C)(C)O2)OC1(C)C.CC1(C)OB(c2ccc3sc4c5ccccc5ccc4c3c2)OC1(C)C. The van der Waals surface area contributed by atoms with Gasteiger partial charge in [-0.15, -0.1) is 22.7 Å². The van der Waals surface area contributed by atoms with Gasteiger partial charge in [-0.05, 0) is 140 Å². The van der Waals surface area contributed by atoms with E-state index in [0.717, 1.165) is 9.94 Å². The maximum Gasteiger partial charge on any atom is 0.494 e. The first-order valence-electron chi connectivity index (χ1n) is 21.5. The van der Waals surface area contributed by atoms with Gasteiger partial charge in [0.2, 0.25) is 0 Å². The lowest BCUT2D eigenvalue weighted by Crippen LogP contribution is -2.41. The van der Waals surface area contributed by atoms with Crippen LogP contribution in [0.5, 0.6) is 0 Å². The minimum absolute atomic E-state index is 0.320. The molecule has 0 aliphatic carbocycles. The molecule has 62 heavy (non-hydrogen) atoms. The summed E-state index contributed by atoms with van der Waals surface area (Å²) in [5, 5.41) is 10.6. The molecule has 3 aliphatic rings. The predicted molar refractivity (Wildman–Crippen MR) is 269 cm³/mol. The lowest BCUT2D eigenvalue weighted by Gasteiger charge is -2.32. The molecule has 0 saturated carbocycles. The molecule has 0 bridgehead atoms. The molecule has 6 aromatic carbocycles. The summed E-state index contributed by atoms with van der Waals surface area (Å²) in [5.41, 5.74) is -0.992. The molecule has 0 unspecified atom stereocenters. The van der Waals surface area contributed by atoms with Gasteiger partial charge in [-0.2, -0.15) is 0 Å². The Kier molecular flexibility index (Phi) is 10.9. The van der Waals surface area contributed by atoms with Gasteiger partial charge in [0.05, 0.1) is 33.6 Å². The molecule has 5 heterocycles. The summed E-state index contributed by atoms with van der Waals surface area (Å²) < 4.78 is 42.9. The zero-order valence-corrected chi connectivity index (χ0v) is 41.0. The van der Waals surface area contributed by atoms with Gasteiger partial charge >= 0.3 is 21.1 Å². The molecule has 0 N–H and O–H groups in total. The summed E-state index contributed by atoms with van der Waals surface area (Å²) in [6.07, 6.45) is 0. The maximum absolute atomic E-state index is 6.24. The zero-order valence-electron chi connectivity index (χ0n) is 37.8. The Morgan fingerprint density at radius 2 is 0.774 bits per heavy atom. The second kappa shape index (κ2) is 15.4. The summed E-state index contributed by atoms with van der Waals surface area (Å²) in [4.78, 5) is 0. The fourth-order valence-corrected chi connectivity index (χ4v) is 10.9. The van der Waals surface area contributed by atoms with E-state index in [-0.39, 0.29) is 40.7 Å². The van der Waals surface area contributed by atoms with Crippen molar-refractivity contribution in [3.8, 4) is 0 Å². The Bertz CT molecular complexity index is 2930. The van der Waals surface area contributed by atoms with Gasteiger partial charge in [-0.25, -0.2) is 0 Å². The Morgan fingerprint density at radius 1 is 0.387 bits per heavy atom. The molecule has 0 atom stereocenters. The van der Waals surface area contributed by atoms with Crippen molar-refractivity contribution in [2.45, 2.75) is 117 Å². The fourth-order valence-electron chi connectivity index (χ4n) is 8.12. The van der Waals surface area contributed by atoms with E-state index >= 15 is 0 Å². The van der Waals surface area contributed by atoms with E-state index in [1.165, 1.54) is 61.9 Å². The molecule has 3 aliphatic heterocycles. The summed E-state index contributed by atoms with van der Waals surface area (Å²) in [7, 11) is -1.27. The summed E-state index contributed by atoms with van der Waals surface area (Å²) in [6, 6.07) is 39.2. The molecule has 12 heteroatoms. The molecule has 11 rings (SSSR count). The van der Waals surface area contributed by atoms with Crippen molar-refractivity contribution in [2.75, 3.05) is 0 Å². The predicted octanol–water partition coefficient (Wildman–Crippen LogP) is 13.7. The van der Waals surface area contributed by atoms with Crippen LogP contribution in [0, 0.1) is 0 Å². The van der Waals surface area contributed by atoms with E-state index in [0.29, 0.717) is 0 Å².